The molecule has 0 radical (unpaired) electrons. The Balaban J connectivity index is 1.79. The van der Waals surface area contributed by atoms with Crippen LogP contribution in [0.25, 0.3) is 11.3 Å². The van der Waals surface area contributed by atoms with Gasteiger partial charge in [0.25, 0.3) is 0 Å². The largest absolute Gasteiger partial charge is 0.309 e. The van der Waals surface area contributed by atoms with Crippen LogP contribution in [-0.4, -0.2) is 36.1 Å². The molecule has 0 amide bonds. The Morgan fingerprint density at radius 2 is 2.00 bits per heavy atom. The smallest absolute Gasteiger partial charge is 0.107 e. The highest BCUT2D eigenvalue weighted by Crippen LogP contribution is 2.21. The molecule has 0 fully saturated rings. The van der Waals surface area contributed by atoms with E-state index in [1.807, 2.05) is 18.2 Å². The summed E-state index contributed by atoms with van der Waals surface area (Å²) in [5.74, 6) is 0. The van der Waals surface area contributed by atoms with Crippen LogP contribution >= 0.6 is 11.3 Å². The molecular formula is C16H23N3S. The second-order valence-corrected chi connectivity index (χ2v) is 6.19. The van der Waals surface area contributed by atoms with E-state index in [0.29, 0.717) is 6.04 Å². The molecule has 0 aliphatic rings. The molecular weight excluding hydrogens is 266 g/mol. The number of likely N-dealkylation sites (N-methyl/N-ethyl adjacent to an activating group) is 1. The van der Waals surface area contributed by atoms with Gasteiger partial charge in [-0.05, 0) is 20.9 Å². The Bertz CT molecular complexity index is 507. The minimum absolute atomic E-state index is 0.598. The summed E-state index contributed by atoms with van der Waals surface area (Å²) in [4.78, 5) is 7.01. The average Bonchev–Trinajstić information content (AvgIpc) is 2.93. The highest BCUT2D eigenvalue weighted by molar-refractivity contribution is 7.09. The summed E-state index contributed by atoms with van der Waals surface area (Å²) in [6, 6.07) is 10.9. The first-order chi connectivity index (χ1) is 9.66. The third-order valence-corrected chi connectivity index (χ3v) is 4.27. The van der Waals surface area contributed by atoms with Crippen molar-refractivity contribution in [3.8, 4) is 11.3 Å². The van der Waals surface area contributed by atoms with Crippen LogP contribution < -0.4 is 5.32 Å². The Kier molecular flexibility index (Phi) is 5.71. The lowest BCUT2D eigenvalue weighted by Crippen LogP contribution is -2.33. The molecule has 20 heavy (non-hydrogen) atoms. The molecule has 0 saturated carbocycles. The molecule has 1 N–H and O–H groups in total. The Morgan fingerprint density at radius 3 is 2.70 bits per heavy atom. The summed E-state index contributed by atoms with van der Waals surface area (Å²) in [6.45, 7) is 7.34. The van der Waals surface area contributed by atoms with Gasteiger partial charge in [0.15, 0.2) is 0 Å². The number of nitrogens with zero attached hydrogens (tertiary/aromatic N) is 2. The van der Waals surface area contributed by atoms with Crippen molar-refractivity contribution in [1.82, 2.24) is 15.2 Å². The van der Waals surface area contributed by atoms with Crippen LogP contribution in [0.1, 0.15) is 18.9 Å². The van der Waals surface area contributed by atoms with Gasteiger partial charge in [0.2, 0.25) is 0 Å². The summed E-state index contributed by atoms with van der Waals surface area (Å²) in [5.41, 5.74) is 2.27. The first-order valence-corrected chi connectivity index (χ1v) is 7.95. The van der Waals surface area contributed by atoms with E-state index in [4.69, 9.17) is 0 Å². The van der Waals surface area contributed by atoms with E-state index < -0.39 is 0 Å². The van der Waals surface area contributed by atoms with Gasteiger partial charge < -0.3 is 10.2 Å². The van der Waals surface area contributed by atoms with Crippen molar-refractivity contribution in [3.05, 3.63) is 40.7 Å². The normalized spacial score (nSPS) is 11.4. The predicted molar refractivity (Wildman–Crippen MR) is 87.0 cm³/mol. The third kappa shape index (κ3) is 4.40. The Hall–Kier alpha value is -1.23. The summed E-state index contributed by atoms with van der Waals surface area (Å²) in [5, 5.41) is 6.74. The van der Waals surface area contributed by atoms with E-state index in [2.05, 4.69) is 53.6 Å². The van der Waals surface area contributed by atoms with E-state index in [9.17, 15) is 0 Å². The van der Waals surface area contributed by atoms with Crippen molar-refractivity contribution in [2.75, 3.05) is 20.1 Å². The van der Waals surface area contributed by atoms with Gasteiger partial charge in [-0.1, -0.05) is 30.3 Å². The van der Waals surface area contributed by atoms with Crippen molar-refractivity contribution in [1.29, 1.82) is 0 Å². The zero-order chi connectivity index (χ0) is 14.4. The standard InChI is InChI=1S/C16H23N3S/c1-13(2)19(3)10-9-17-11-16-18-15(12-20-16)14-7-5-4-6-8-14/h4-8,12-13,17H,9-11H2,1-3H3. The number of hydrogen-bond acceptors (Lipinski definition) is 4. The van der Waals surface area contributed by atoms with Crippen LogP contribution in [0.2, 0.25) is 0 Å². The third-order valence-electron chi connectivity index (χ3n) is 3.42. The minimum atomic E-state index is 0.598. The van der Waals surface area contributed by atoms with Gasteiger partial charge >= 0.3 is 0 Å². The fourth-order valence-electron chi connectivity index (χ4n) is 1.84. The molecule has 3 nitrogen and oxygen atoms in total. The Morgan fingerprint density at radius 1 is 1.25 bits per heavy atom. The quantitative estimate of drug-likeness (QED) is 0.793. The zero-order valence-corrected chi connectivity index (χ0v) is 13.3. The van der Waals surface area contributed by atoms with Gasteiger partial charge in [0, 0.05) is 36.6 Å². The van der Waals surface area contributed by atoms with E-state index in [1.165, 1.54) is 5.56 Å². The highest BCUT2D eigenvalue weighted by atomic mass is 32.1. The highest BCUT2D eigenvalue weighted by Gasteiger charge is 2.05. The second-order valence-electron chi connectivity index (χ2n) is 5.24. The maximum absolute atomic E-state index is 4.67. The average molecular weight is 289 g/mol. The van der Waals surface area contributed by atoms with Crippen LogP contribution in [0.3, 0.4) is 0 Å². The van der Waals surface area contributed by atoms with Gasteiger partial charge in [-0.25, -0.2) is 4.98 Å². The number of rotatable bonds is 7. The topological polar surface area (TPSA) is 28.2 Å². The van der Waals surface area contributed by atoms with Crippen LogP contribution in [0, 0.1) is 0 Å². The molecule has 1 aromatic carbocycles. The van der Waals surface area contributed by atoms with Gasteiger partial charge in [-0.2, -0.15) is 0 Å². The maximum Gasteiger partial charge on any atom is 0.107 e. The van der Waals surface area contributed by atoms with Crippen molar-refractivity contribution in [2.45, 2.75) is 26.4 Å². The van der Waals surface area contributed by atoms with E-state index in [-0.39, 0.29) is 0 Å². The molecule has 0 atom stereocenters. The lowest BCUT2D eigenvalue weighted by atomic mass is 10.2. The molecule has 4 heteroatoms. The number of thiazole rings is 1. The van der Waals surface area contributed by atoms with Crippen molar-refractivity contribution >= 4 is 11.3 Å². The first kappa shape index (κ1) is 15.2. The van der Waals surface area contributed by atoms with Crippen LogP contribution in [0.15, 0.2) is 35.7 Å². The Labute approximate surface area is 125 Å². The fourth-order valence-corrected chi connectivity index (χ4v) is 2.62. The molecule has 0 aliphatic carbocycles. The molecule has 2 aromatic rings. The predicted octanol–water partition coefficient (Wildman–Crippen LogP) is 3.24. The molecule has 0 bridgehead atoms. The van der Waals surface area contributed by atoms with Gasteiger partial charge in [-0.15, -0.1) is 11.3 Å². The molecule has 0 spiro atoms. The molecule has 0 saturated heterocycles. The summed E-state index contributed by atoms with van der Waals surface area (Å²) >= 11 is 1.72. The number of nitrogens with one attached hydrogen (secondary N) is 1. The fraction of sp³-hybridized carbons (Fsp3) is 0.438. The van der Waals surface area contributed by atoms with Gasteiger partial charge in [-0.3, -0.25) is 0 Å². The lowest BCUT2D eigenvalue weighted by molar-refractivity contribution is 0.273. The van der Waals surface area contributed by atoms with Crippen molar-refractivity contribution in [3.63, 3.8) is 0 Å². The maximum atomic E-state index is 4.67. The van der Waals surface area contributed by atoms with Crippen LogP contribution in [0.4, 0.5) is 0 Å². The molecule has 2 rings (SSSR count). The summed E-state index contributed by atoms with van der Waals surface area (Å²) < 4.78 is 0. The van der Waals surface area contributed by atoms with E-state index >= 15 is 0 Å². The molecule has 108 valence electrons. The van der Waals surface area contributed by atoms with Crippen molar-refractivity contribution in [2.24, 2.45) is 0 Å². The summed E-state index contributed by atoms with van der Waals surface area (Å²) in [7, 11) is 2.16. The molecule has 1 aromatic heterocycles. The lowest BCUT2D eigenvalue weighted by Gasteiger charge is -2.20. The second kappa shape index (κ2) is 7.53. The van der Waals surface area contributed by atoms with Crippen molar-refractivity contribution < 1.29 is 0 Å². The monoisotopic (exact) mass is 289 g/mol. The van der Waals surface area contributed by atoms with Gasteiger partial charge in [0.1, 0.15) is 5.01 Å². The molecule has 1 heterocycles. The first-order valence-electron chi connectivity index (χ1n) is 7.07. The number of aromatic nitrogens is 1. The minimum Gasteiger partial charge on any atom is -0.309 e. The zero-order valence-electron chi connectivity index (χ0n) is 12.5. The summed E-state index contributed by atoms with van der Waals surface area (Å²) in [6.07, 6.45) is 0. The SMILES string of the molecule is CC(C)N(C)CCNCc1nc(-c2ccccc2)cs1. The van der Waals surface area contributed by atoms with Gasteiger partial charge in [0.05, 0.1) is 5.69 Å². The van der Waals surface area contributed by atoms with Crippen LogP contribution in [-0.2, 0) is 6.54 Å². The molecule has 0 unspecified atom stereocenters. The van der Waals surface area contributed by atoms with E-state index in [0.717, 1.165) is 30.3 Å². The number of benzene rings is 1. The molecule has 0 aliphatic heterocycles. The van der Waals surface area contributed by atoms with Crippen LogP contribution in [0.5, 0.6) is 0 Å². The number of hydrogen-bond donors (Lipinski definition) is 1. The van der Waals surface area contributed by atoms with E-state index in [1.54, 1.807) is 11.3 Å².